The van der Waals surface area contributed by atoms with E-state index in [1.165, 1.54) is 0 Å². The highest BCUT2D eigenvalue weighted by atomic mass is 16.1. The lowest BCUT2D eigenvalue weighted by molar-refractivity contribution is 0.102. The van der Waals surface area contributed by atoms with Gasteiger partial charge in [0.2, 0.25) is 0 Å². The second-order valence-corrected chi connectivity index (χ2v) is 6.66. The molecule has 2 aromatic carbocycles. The highest BCUT2D eigenvalue weighted by Gasteiger charge is 2.12. The predicted octanol–water partition coefficient (Wildman–Crippen LogP) is 4.44. The van der Waals surface area contributed by atoms with Gasteiger partial charge >= 0.3 is 0 Å². The van der Waals surface area contributed by atoms with Crippen molar-refractivity contribution in [1.82, 2.24) is 19.4 Å². The Hall–Kier alpha value is -3.93. The van der Waals surface area contributed by atoms with Crippen LogP contribution >= 0.6 is 0 Å². The average molecular weight is 367 g/mol. The summed E-state index contributed by atoms with van der Waals surface area (Å²) in [4.78, 5) is 24.9. The summed E-state index contributed by atoms with van der Waals surface area (Å²) >= 11 is 0. The fraction of sp³-hybridized carbons (Fsp3) is 0.0455. The normalized spacial score (nSPS) is 11.2. The first kappa shape index (κ1) is 16.3. The van der Waals surface area contributed by atoms with Crippen molar-refractivity contribution >= 4 is 28.3 Å². The minimum absolute atomic E-state index is 0.236. The Morgan fingerprint density at radius 2 is 1.79 bits per heavy atom. The average Bonchev–Trinajstić information content (AvgIpc) is 3.33. The van der Waals surface area contributed by atoms with E-state index in [1.54, 1.807) is 6.20 Å². The summed E-state index contributed by atoms with van der Waals surface area (Å²) < 4.78 is 1.90. The third-order valence-electron chi connectivity index (χ3n) is 4.73. The highest BCUT2D eigenvalue weighted by Crippen LogP contribution is 2.22. The Morgan fingerprint density at radius 1 is 0.964 bits per heavy atom. The molecule has 3 aromatic heterocycles. The van der Waals surface area contributed by atoms with Gasteiger partial charge in [-0.3, -0.25) is 4.79 Å². The number of para-hydroxylation sites is 2. The van der Waals surface area contributed by atoms with E-state index in [9.17, 15) is 4.79 Å². The van der Waals surface area contributed by atoms with Crippen LogP contribution in [0.25, 0.3) is 28.1 Å². The van der Waals surface area contributed by atoms with Gasteiger partial charge in [0.1, 0.15) is 17.2 Å². The van der Waals surface area contributed by atoms with Gasteiger partial charge in [0.25, 0.3) is 5.91 Å². The number of fused-ring (bicyclic) bond motifs is 2. The zero-order valence-electron chi connectivity index (χ0n) is 15.2. The third kappa shape index (κ3) is 2.81. The molecule has 0 atom stereocenters. The summed E-state index contributed by atoms with van der Waals surface area (Å²) in [6.45, 7) is 1.98. The molecule has 0 saturated carbocycles. The van der Waals surface area contributed by atoms with E-state index in [1.807, 2.05) is 78.1 Å². The largest absolute Gasteiger partial charge is 0.338 e. The van der Waals surface area contributed by atoms with Crippen LogP contribution < -0.4 is 5.32 Å². The van der Waals surface area contributed by atoms with Gasteiger partial charge < -0.3 is 14.7 Å². The number of pyridine rings is 1. The van der Waals surface area contributed by atoms with E-state index >= 15 is 0 Å². The van der Waals surface area contributed by atoms with Crippen molar-refractivity contribution in [3.8, 4) is 11.4 Å². The first-order valence-corrected chi connectivity index (χ1v) is 8.99. The minimum Gasteiger partial charge on any atom is -0.338 e. The summed E-state index contributed by atoms with van der Waals surface area (Å²) in [6, 6.07) is 21.3. The van der Waals surface area contributed by atoms with E-state index in [2.05, 4.69) is 20.3 Å². The molecule has 0 radical (unpaired) electrons. The number of carbonyl (C=O) groups is 1. The highest BCUT2D eigenvalue weighted by molar-refractivity contribution is 6.03. The standard InChI is InChI=1S/C22H17N5O/c1-14-5-4-8-20-24-19(13-27(14)20)22(28)23-16-11-9-15(10-12-16)21-25-17-6-2-3-7-18(17)26-21/h2-13H,1H3,(H,23,28)(H,25,26). The SMILES string of the molecule is Cc1cccc2nc(C(=O)Nc3ccc(-c4nc5ccccc5[nH]4)cc3)cn12. The van der Waals surface area contributed by atoms with Crippen LogP contribution in [0, 0.1) is 6.92 Å². The summed E-state index contributed by atoms with van der Waals surface area (Å²) in [6.07, 6.45) is 1.75. The Bertz CT molecular complexity index is 1280. The zero-order valence-corrected chi connectivity index (χ0v) is 15.2. The zero-order chi connectivity index (χ0) is 19.1. The number of hydrogen-bond acceptors (Lipinski definition) is 3. The molecule has 6 heteroatoms. The lowest BCUT2D eigenvalue weighted by atomic mass is 10.2. The van der Waals surface area contributed by atoms with Crippen molar-refractivity contribution in [3.05, 3.63) is 84.3 Å². The number of aryl methyl sites for hydroxylation is 1. The van der Waals surface area contributed by atoms with Crippen LogP contribution in [0.5, 0.6) is 0 Å². The number of aromatic amines is 1. The maximum absolute atomic E-state index is 12.6. The molecule has 0 aliphatic rings. The van der Waals surface area contributed by atoms with Gasteiger partial charge in [0.15, 0.2) is 0 Å². The number of rotatable bonds is 3. The molecular formula is C22H17N5O. The molecular weight excluding hydrogens is 350 g/mol. The van der Waals surface area contributed by atoms with Crippen LogP contribution in [-0.2, 0) is 0 Å². The first-order chi connectivity index (χ1) is 13.7. The number of H-pyrrole nitrogens is 1. The molecule has 0 aliphatic heterocycles. The topological polar surface area (TPSA) is 75.1 Å². The molecule has 6 nitrogen and oxygen atoms in total. The Labute approximate surface area is 160 Å². The third-order valence-corrected chi connectivity index (χ3v) is 4.73. The monoisotopic (exact) mass is 367 g/mol. The van der Waals surface area contributed by atoms with Crippen molar-refractivity contribution in [1.29, 1.82) is 0 Å². The first-order valence-electron chi connectivity index (χ1n) is 8.99. The number of carbonyl (C=O) groups excluding carboxylic acids is 1. The van der Waals surface area contributed by atoms with Crippen LogP contribution in [0.4, 0.5) is 5.69 Å². The fourth-order valence-corrected chi connectivity index (χ4v) is 3.25. The molecule has 0 fully saturated rings. The van der Waals surface area contributed by atoms with Crippen LogP contribution in [-0.4, -0.2) is 25.3 Å². The summed E-state index contributed by atoms with van der Waals surface area (Å²) in [5.41, 5.74) is 5.76. The molecule has 1 amide bonds. The van der Waals surface area contributed by atoms with Crippen molar-refractivity contribution in [2.45, 2.75) is 6.92 Å². The Morgan fingerprint density at radius 3 is 2.57 bits per heavy atom. The van der Waals surface area contributed by atoms with Gasteiger partial charge in [-0.2, -0.15) is 0 Å². The smallest absolute Gasteiger partial charge is 0.275 e. The molecule has 0 aliphatic carbocycles. The molecule has 5 rings (SSSR count). The fourth-order valence-electron chi connectivity index (χ4n) is 3.25. The van der Waals surface area contributed by atoms with Gasteiger partial charge in [0.05, 0.1) is 11.0 Å². The maximum Gasteiger partial charge on any atom is 0.275 e. The molecule has 0 unspecified atom stereocenters. The number of imidazole rings is 2. The molecule has 2 N–H and O–H groups in total. The van der Waals surface area contributed by atoms with Crippen LogP contribution in [0.1, 0.15) is 16.2 Å². The molecule has 28 heavy (non-hydrogen) atoms. The lowest BCUT2D eigenvalue weighted by Gasteiger charge is -2.04. The second kappa shape index (κ2) is 6.35. The van der Waals surface area contributed by atoms with E-state index in [0.717, 1.165) is 33.8 Å². The van der Waals surface area contributed by atoms with Gasteiger partial charge in [0, 0.05) is 23.1 Å². The number of anilines is 1. The van der Waals surface area contributed by atoms with E-state index in [0.29, 0.717) is 11.4 Å². The predicted molar refractivity (Wildman–Crippen MR) is 109 cm³/mol. The molecule has 0 spiro atoms. The second-order valence-electron chi connectivity index (χ2n) is 6.66. The Kier molecular flexibility index (Phi) is 3.69. The van der Waals surface area contributed by atoms with Gasteiger partial charge in [-0.25, -0.2) is 9.97 Å². The number of nitrogens with zero attached hydrogens (tertiary/aromatic N) is 3. The summed E-state index contributed by atoms with van der Waals surface area (Å²) in [5.74, 6) is 0.564. The summed E-state index contributed by atoms with van der Waals surface area (Å²) in [5, 5.41) is 2.90. The minimum atomic E-state index is -0.236. The van der Waals surface area contributed by atoms with Crippen molar-refractivity contribution < 1.29 is 4.79 Å². The number of aromatic nitrogens is 4. The lowest BCUT2D eigenvalue weighted by Crippen LogP contribution is -2.12. The number of amides is 1. The van der Waals surface area contributed by atoms with Crippen LogP contribution in [0.3, 0.4) is 0 Å². The Balaban J connectivity index is 1.38. The molecule has 0 saturated heterocycles. The number of benzene rings is 2. The maximum atomic E-state index is 12.6. The number of nitrogens with one attached hydrogen (secondary N) is 2. The van der Waals surface area contributed by atoms with Crippen molar-refractivity contribution in [2.75, 3.05) is 5.32 Å². The molecule has 3 heterocycles. The van der Waals surface area contributed by atoms with Crippen molar-refractivity contribution in [3.63, 3.8) is 0 Å². The van der Waals surface area contributed by atoms with Gasteiger partial charge in [-0.1, -0.05) is 18.2 Å². The molecule has 0 bridgehead atoms. The van der Waals surface area contributed by atoms with Gasteiger partial charge in [-0.05, 0) is 55.5 Å². The van der Waals surface area contributed by atoms with E-state index in [4.69, 9.17) is 0 Å². The summed E-state index contributed by atoms with van der Waals surface area (Å²) in [7, 11) is 0. The molecule has 5 aromatic rings. The quantitative estimate of drug-likeness (QED) is 0.495. The van der Waals surface area contributed by atoms with Crippen LogP contribution in [0.15, 0.2) is 72.9 Å². The molecule has 136 valence electrons. The van der Waals surface area contributed by atoms with Crippen LogP contribution in [0.2, 0.25) is 0 Å². The van der Waals surface area contributed by atoms with E-state index in [-0.39, 0.29) is 5.91 Å². The number of hydrogen-bond donors (Lipinski definition) is 2. The van der Waals surface area contributed by atoms with E-state index < -0.39 is 0 Å². The van der Waals surface area contributed by atoms with Crippen molar-refractivity contribution in [2.24, 2.45) is 0 Å². The van der Waals surface area contributed by atoms with Gasteiger partial charge in [-0.15, -0.1) is 0 Å².